The van der Waals surface area contributed by atoms with Crippen LogP contribution in [0.1, 0.15) is 0 Å². The summed E-state index contributed by atoms with van der Waals surface area (Å²) in [6, 6.07) is 23.5. The van der Waals surface area contributed by atoms with E-state index in [1.165, 1.54) is 0 Å². The lowest BCUT2D eigenvalue weighted by molar-refractivity contribution is 0.122. The molecule has 0 spiro atoms. The number of morpholine rings is 1. The van der Waals surface area contributed by atoms with E-state index in [0.717, 1.165) is 46.8 Å². The number of rotatable bonds is 5. The van der Waals surface area contributed by atoms with Crippen LogP contribution in [0, 0.1) is 0 Å². The second-order valence-electron chi connectivity index (χ2n) is 8.19. The molecule has 5 aromatic rings. The lowest BCUT2D eigenvalue weighted by atomic mass is 10.2. The zero-order chi connectivity index (χ0) is 23.6. The first-order valence-corrected chi connectivity index (χ1v) is 11.8. The maximum atomic E-state index is 6.08. The molecular formula is C26H22ClN7O. The molecule has 0 amide bonds. The molecule has 1 saturated heterocycles. The van der Waals surface area contributed by atoms with Crippen LogP contribution in [0.15, 0.2) is 72.8 Å². The molecule has 174 valence electrons. The summed E-state index contributed by atoms with van der Waals surface area (Å²) >= 11 is 6.08. The monoisotopic (exact) mass is 483 g/mol. The predicted molar refractivity (Wildman–Crippen MR) is 138 cm³/mol. The third-order valence-corrected chi connectivity index (χ3v) is 6.08. The average molecular weight is 484 g/mol. The number of nitrogens with zero attached hydrogens (tertiary/aromatic N) is 5. The fraction of sp³-hybridized carbons (Fsp3) is 0.154. The summed E-state index contributed by atoms with van der Waals surface area (Å²) in [5.74, 6) is 2.51. The topological polar surface area (TPSA) is 91.9 Å². The second kappa shape index (κ2) is 9.32. The van der Waals surface area contributed by atoms with Crippen LogP contribution in [0.3, 0.4) is 0 Å². The summed E-state index contributed by atoms with van der Waals surface area (Å²) in [6.45, 7) is 2.76. The maximum absolute atomic E-state index is 6.08. The number of H-pyrrole nitrogens is 1. The van der Waals surface area contributed by atoms with E-state index in [2.05, 4.69) is 25.2 Å². The third-order valence-electron chi connectivity index (χ3n) is 5.82. The molecule has 0 atom stereocenters. The van der Waals surface area contributed by atoms with E-state index in [0.29, 0.717) is 36.0 Å². The number of aromatic amines is 1. The van der Waals surface area contributed by atoms with Crippen molar-refractivity contribution >= 4 is 40.2 Å². The summed E-state index contributed by atoms with van der Waals surface area (Å²) in [6.07, 6.45) is 0. The molecule has 0 unspecified atom stereocenters. The molecule has 2 aromatic heterocycles. The van der Waals surface area contributed by atoms with E-state index in [-0.39, 0.29) is 0 Å². The highest BCUT2D eigenvalue weighted by atomic mass is 35.5. The highest BCUT2D eigenvalue weighted by molar-refractivity contribution is 6.30. The lowest BCUT2D eigenvalue weighted by Gasteiger charge is -2.27. The fourth-order valence-electron chi connectivity index (χ4n) is 3.98. The molecule has 1 fully saturated rings. The Bertz CT molecular complexity index is 1430. The van der Waals surface area contributed by atoms with Crippen LogP contribution in [0.2, 0.25) is 5.02 Å². The molecule has 3 aromatic carbocycles. The average Bonchev–Trinajstić information content (AvgIpc) is 3.34. The van der Waals surface area contributed by atoms with E-state index in [1.54, 1.807) is 0 Å². The molecule has 2 N–H and O–H groups in total. The number of fused-ring (bicyclic) bond motifs is 1. The molecular weight excluding hydrogens is 462 g/mol. The van der Waals surface area contributed by atoms with Crippen LogP contribution in [0.5, 0.6) is 0 Å². The molecule has 3 heterocycles. The Morgan fingerprint density at radius 2 is 1.54 bits per heavy atom. The minimum absolute atomic E-state index is 0.475. The Kier molecular flexibility index (Phi) is 5.73. The van der Waals surface area contributed by atoms with Gasteiger partial charge in [-0.05, 0) is 60.7 Å². The number of hydrogen-bond donors (Lipinski definition) is 2. The molecule has 1 aliphatic heterocycles. The summed E-state index contributed by atoms with van der Waals surface area (Å²) in [5.41, 5.74) is 4.69. The summed E-state index contributed by atoms with van der Waals surface area (Å²) in [5, 5.41) is 4.00. The maximum Gasteiger partial charge on any atom is 0.232 e. The minimum Gasteiger partial charge on any atom is -0.378 e. The molecule has 35 heavy (non-hydrogen) atoms. The molecule has 0 radical (unpaired) electrons. The standard InChI is InChI=1S/C26H22ClN7O/c27-19-9-5-17(6-10-19)24-31-25(33-26(32-24)34-13-15-35-16-14-34)28-20-11-7-18(8-12-20)23-29-21-3-1-2-4-22(21)30-23/h1-12H,13-16H2,(H,29,30)(H,28,31,32,33). The first-order valence-electron chi connectivity index (χ1n) is 11.4. The van der Waals surface area contributed by atoms with Gasteiger partial charge in [0.05, 0.1) is 24.2 Å². The number of ether oxygens (including phenoxy) is 1. The van der Waals surface area contributed by atoms with Crippen molar-refractivity contribution in [2.75, 3.05) is 36.5 Å². The number of imidazole rings is 1. The van der Waals surface area contributed by atoms with Gasteiger partial charge in [-0.3, -0.25) is 0 Å². The highest BCUT2D eigenvalue weighted by Gasteiger charge is 2.17. The van der Waals surface area contributed by atoms with Gasteiger partial charge in [-0.15, -0.1) is 0 Å². The Morgan fingerprint density at radius 1 is 0.800 bits per heavy atom. The van der Waals surface area contributed by atoms with Crippen molar-refractivity contribution in [2.24, 2.45) is 0 Å². The lowest BCUT2D eigenvalue weighted by Crippen LogP contribution is -2.37. The van der Waals surface area contributed by atoms with Crippen molar-refractivity contribution < 1.29 is 4.74 Å². The summed E-state index contributed by atoms with van der Waals surface area (Å²) < 4.78 is 5.49. The number of anilines is 3. The van der Waals surface area contributed by atoms with E-state index in [4.69, 9.17) is 26.3 Å². The van der Waals surface area contributed by atoms with Crippen LogP contribution in [-0.2, 0) is 4.74 Å². The van der Waals surface area contributed by atoms with E-state index >= 15 is 0 Å². The zero-order valence-electron chi connectivity index (χ0n) is 18.8. The van der Waals surface area contributed by atoms with E-state index in [1.807, 2.05) is 72.8 Å². The van der Waals surface area contributed by atoms with Crippen molar-refractivity contribution in [3.8, 4) is 22.8 Å². The number of benzene rings is 3. The van der Waals surface area contributed by atoms with Crippen molar-refractivity contribution in [2.45, 2.75) is 0 Å². The van der Waals surface area contributed by atoms with Gasteiger partial charge >= 0.3 is 0 Å². The van der Waals surface area contributed by atoms with Crippen LogP contribution in [0.4, 0.5) is 17.6 Å². The van der Waals surface area contributed by atoms with Crippen LogP contribution in [-0.4, -0.2) is 51.2 Å². The van der Waals surface area contributed by atoms with Gasteiger partial charge in [-0.25, -0.2) is 4.98 Å². The van der Waals surface area contributed by atoms with Gasteiger partial charge < -0.3 is 19.9 Å². The van der Waals surface area contributed by atoms with Gasteiger partial charge in [-0.1, -0.05) is 23.7 Å². The first-order chi connectivity index (χ1) is 17.2. The van der Waals surface area contributed by atoms with Crippen molar-refractivity contribution in [3.05, 3.63) is 77.8 Å². The number of nitrogens with one attached hydrogen (secondary N) is 2. The van der Waals surface area contributed by atoms with Crippen molar-refractivity contribution in [1.82, 2.24) is 24.9 Å². The Morgan fingerprint density at radius 3 is 2.31 bits per heavy atom. The van der Waals surface area contributed by atoms with Gasteiger partial charge in [0, 0.05) is 34.9 Å². The van der Waals surface area contributed by atoms with E-state index in [9.17, 15) is 0 Å². The van der Waals surface area contributed by atoms with Crippen LogP contribution < -0.4 is 10.2 Å². The molecule has 9 heteroatoms. The molecule has 0 saturated carbocycles. The minimum atomic E-state index is 0.475. The van der Waals surface area contributed by atoms with Gasteiger partial charge in [0.15, 0.2) is 5.82 Å². The normalized spacial score (nSPS) is 13.8. The van der Waals surface area contributed by atoms with Crippen molar-refractivity contribution in [1.29, 1.82) is 0 Å². The molecule has 0 aliphatic carbocycles. The zero-order valence-corrected chi connectivity index (χ0v) is 19.5. The van der Waals surface area contributed by atoms with Gasteiger partial charge in [0.2, 0.25) is 11.9 Å². The highest BCUT2D eigenvalue weighted by Crippen LogP contribution is 2.26. The van der Waals surface area contributed by atoms with Gasteiger partial charge in [-0.2, -0.15) is 15.0 Å². The fourth-order valence-corrected chi connectivity index (χ4v) is 4.11. The Hall–Kier alpha value is -4.01. The summed E-state index contributed by atoms with van der Waals surface area (Å²) in [7, 11) is 0. The third kappa shape index (κ3) is 4.66. The van der Waals surface area contributed by atoms with Crippen LogP contribution >= 0.6 is 11.6 Å². The first kappa shape index (κ1) is 21.5. The number of hydrogen-bond acceptors (Lipinski definition) is 7. The molecule has 0 bridgehead atoms. The predicted octanol–water partition coefficient (Wildman–Crippen LogP) is 5.32. The van der Waals surface area contributed by atoms with Crippen LogP contribution in [0.25, 0.3) is 33.8 Å². The Labute approximate surface area is 207 Å². The quantitative estimate of drug-likeness (QED) is 0.349. The SMILES string of the molecule is Clc1ccc(-c2nc(Nc3ccc(-c4nc5ccccc5[nH]4)cc3)nc(N3CCOCC3)n2)cc1. The molecule has 6 rings (SSSR count). The van der Waals surface area contributed by atoms with E-state index < -0.39 is 0 Å². The summed E-state index contributed by atoms with van der Waals surface area (Å²) in [4.78, 5) is 24.3. The van der Waals surface area contributed by atoms with Gasteiger partial charge in [0.25, 0.3) is 0 Å². The number of aromatic nitrogens is 5. The largest absolute Gasteiger partial charge is 0.378 e. The number of halogens is 1. The van der Waals surface area contributed by atoms with Gasteiger partial charge in [0.1, 0.15) is 5.82 Å². The number of para-hydroxylation sites is 2. The smallest absolute Gasteiger partial charge is 0.232 e. The molecule has 1 aliphatic rings. The molecule has 8 nitrogen and oxygen atoms in total. The Balaban J connectivity index is 1.30. The van der Waals surface area contributed by atoms with Crippen molar-refractivity contribution in [3.63, 3.8) is 0 Å². The second-order valence-corrected chi connectivity index (χ2v) is 8.63.